The van der Waals surface area contributed by atoms with Gasteiger partial charge in [-0.25, -0.2) is 0 Å². The predicted molar refractivity (Wildman–Crippen MR) is 64.7 cm³/mol. The summed E-state index contributed by atoms with van der Waals surface area (Å²) < 4.78 is 0. The molecule has 0 aliphatic heterocycles. The fourth-order valence-corrected chi connectivity index (χ4v) is 1.89. The fraction of sp³-hybridized carbons (Fsp3) is 0.417. The van der Waals surface area contributed by atoms with Gasteiger partial charge in [-0.15, -0.1) is 0 Å². The van der Waals surface area contributed by atoms with Gasteiger partial charge < -0.3 is 10.2 Å². The van der Waals surface area contributed by atoms with Crippen molar-refractivity contribution in [2.24, 2.45) is 0 Å². The molecule has 1 aromatic carbocycles. The number of benzene rings is 1. The van der Waals surface area contributed by atoms with Crippen molar-refractivity contribution in [3.8, 4) is 5.75 Å². The number of nitrogens with zero attached hydrogens (tertiary/aromatic N) is 1. The number of aromatic hydroxyl groups is 1. The van der Waals surface area contributed by atoms with E-state index in [4.69, 9.17) is 0 Å². The molecule has 0 amide bonds. The number of hydrogen-bond donors (Lipinski definition) is 2. The van der Waals surface area contributed by atoms with Gasteiger partial charge in [0.2, 0.25) is 0 Å². The average molecular weight is 253 g/mol. The van der Waals surface area contributed by atoms with Crippen molar-refractivity contribution >= 4 is 11.7 Å². The van der Waals surface area contributed by atoms with E-state index in [1.807, 2.05) is 6.92 Å². The van der Waals surface area contributed by atoms with E-state index in [-0.39, 0.29) is 0 Å². The van der Waals surface area contributed by atoms with Crippen LogP contribution in [0.5, 0.6) is 5.75 Å². The van der Waals surface area contributed by atoms with Crippen molar-refractivity contribution in [2.45, 2.75) is 32.1 Å². The molecule has 6 heteroatoms. The Morgan fingerprint density at radius 3 is 2.56 bits per heavy atom. The number of hydrogen-bond acceptors (Lipinski definition) is 4. The van der Waals surface area contributed by atoms with E-state index >= 15 is 0 Å². The highest BCUT2D eigenvalue weighted by molar-refractivity contribution is 5.81. The van der Waals surface area contributed by atoms with Crippen LogP contribution in [0.1, 0.15) is 32.3 Å². The number of rotatable bonds is 5. The minimum absolute atomic E-state index is 0.321. The Balaban J connectivity index is 3.35. The Morgan fingerprint density at radius 1 is 1.50 bits per heavy atom. The zero-order valence-corrected chi connectivity index (χ0v) is 10.2. The van der Waals surface area contributed by atoms with Gasteiger partial charge in [0.15, 0.2) is 5.75 Å². The second-order valence-corrected chi connectivity index (χ2v) is 4.35. The van der Waals surface area contributed by atoms with Crippen LogP contribution in [0.2, 0.25) is 0 Å². The van der Waals surface area contributed by atoms with Crippen molar-refractivity contribution in [3.05, 3.63) is 33.9 Å². The molecule has 0 aromatic heterocycles. The summed E-state index contributed by atoms with van der Waals surface area (Å²) in [5, 5.41) is 29.4. The predicted octanol–water partition coefficient (Wildman–Crippen LogP) is 2.44. The quantitative estimate of drug-likeness (QED) is 0.620. The number of nitro groups is 1. The molecule has 1 atom stereocenters. The zero-order valence-electron chi connectivity index (χ0n) is 10.2. The van der Waals surface area contributed by atoms with Gasteiger partial charge >= 0.3 is 11.7 Å². The first-order valence-electron chi connectivity index (χ1n) is 5.54. The van der Waals surface area contributed by atoms with Crippen LogP contribution in [0.4, 0.5) is 5.69 Å². The van der Waals surface area contributed by atoms with Gasteiger partial charge in [-0.1, -0.05) is 19.4 Å². The molecule has 0 spiro atoms. The molecule has 0 radical (unpaired) electrons. The Bertz CT molecular complexity index is 485. The van der Waals surface area contributed by atoms with Gasteiger partial charge in [0.1, 0.15) is 0 Å². The third kappa shape index (κ3) is 2.42. The van der Waals surface area contributed by atoms with Crippen molar-refractivity contribution in [1.82, 2.24) is 0 Å². The fourth-order valence-electron chi connectivity index (χ4n) is 1.89. The molecule has 1 aromatic rings. The summed E-state index contributed by atoms with van der Waals surface area (Å²) in [5.74, 6) is -1.50. The Hall–Kier alpha value is -2.11. The Morgan fingerprint density at radius 2 is 2.11 bits per heavy atom. The van der Waals surface area contributed by atoms with Gasteiger partial charge in [0, 0.05) is 6.07 Å². The Labute approximate surface area is 104 Å². The zero-order chi connectivity index (χ0) is 13.9. The summed E-state index contributed by atoms with van der Waals surface area (Å²) in [6.07, 6.45) is 1.00. The van der Waals surface area contributed by atoms with Gasteiger partial charge in [-0.2, -0.15) is 0 Å². The summed E-state index contributed by atoms with van der Waals surface area (Å²) in [4.78, 5) is 21.3. The van der Waals surface area contributed by atoms with E-state index in [2.05, 4.69) is 0 Å². The van der Waals surface area contributed by atoms with Crippen LogP contribution in [0.3, 0.4) is 0 Å². The molecule has 6 nitrogen and oxygen atoms in total. The molecule has 98 valence electrons. The lowest BCUT2D eigenvalue weighted by Crippen LogP contribution is -2.32. The van der Waals surface area contributed by atoms with Crippen LogP contribution >= 0.6 is 0 Å². The smallest absolute Gasteiger partial charge is 0.313 e. The van der Waals surface area contributed by atoms with Crippen LogP contribution in [-0.2, 0) is 10.2 Å². The minimum Gasteiger partial charge on any atom is -0.502 e. The molecule has 0 saturated heterocycles. The molecule has 0 aliphatic rings. The van der Waals surface area contributed by atoms with Crippen LogP contribution in [0, 0.1) is 10.1 Å². The topological polar surface area (TPSA) is 101 Å². The van der Waals surface area contributed by atoms with E-state index in [1.165, 1.54) is 13.0 Å². The number of phenols is 1. The highest BCUT2D eigenvalue weighted by Crippen LogP contribution is 2.35. The summed E-state index contributed by atoms with van der Waals surface area (Å²) in [5.41, 5.74) is -1.34. The summed E-state index contributed by atoms with van der Waals surface area (Å²) in [7, 11) is 0. The van der Waals surface area contributed by atoms with Crippen LogP contribution in [0.25, 0.3) is 0 Å². The average Bonchev–Trinajstić information content (AvgIpc) is 2.29. The number of nitro benzene ring substituents is 1. The standard InChI is InChI=1S/C12H15NO5/c1-3-6-12(2,11(15)16)8-4-5-10(14)9(7-8)13(17)18/h4-5,7,14H,3,6H2,1-2H3,(H,15,16). The maximum Gasteiger partial charge on any atom is 0.313 e. The minimum atomic E-state index is -1.19. The van der Waals surface area contributed by atoms with Gasteiger partial charge in [0.05, 0.1) is 10.3 Å². The van der Waals surface area contributed by atoms with Crippen LogP contribution in [0.15, 0.2) is 18.2 Å². The van der Waals surface area contributed by atoms with Crippen molar-refractivity contribution in [3.63, 3.8) is 0 Å². The van der Waals surface area contributed by atoms with Crippen molar-refractivity contribution in [1.29, 1.82) is 0 Å². The summed E-state index contributed by atoms with van der Waals surface area (Å²) in [6.45, 7) is 3.37. The molecule has 0 fully saturated rings. The van der Waals surface area contributed by atoms with Crippen molar-refractivity contribution < 1.29 is 19.9 Å². The maximum absolute atomic E-state index is 11.3. The molecular formula is C12H15NO5. The van der Waals surface area contributed by atoms with E-state index in [0.29, 0.717) is 18.4 Å². The first-order chi connectivity index (χ1) is 8.32. The summed E-state index contributed by atoms with van der Waals surface area (Å²) in [6, 6.07) is 3.69. The molecule has 1 unspecified atom stereocenters. The van der Waals surface area contributed by atoms with E-state index in [1.54, 1.807) is 0 Å². The van der Waals surface area contributed by atoms with Gasteiger partial charge in [-0.05, 0) is 25.0 Å². The third-order valence-electron chi connectivity index (χ3n) is 3.03. The molecule has 2 N–H and O–H groups in total. The van der Waals surface area contributed by atoms with Crippen LogP contribution < -0.4 is 0 Å². The van der Waals surface area contributed by atoms with Crippen molar-refractivity contribution in [2.75, 3.05) is 0 Å². The lowest BCUT2D eigenvalue weighted by molar-refractivity contribution is -0.386. The van der Waals surface area contributed by atoms with Gasteiger partial charge in [-0.3, -0.25) is 14.9 Å². The first-order valence-corrected chi connectivity index (χ1v) is 5.54. The SMILES string of the molecule is CCCC(C)(C(=O)O)c1ccc(O)c([N+](=O)[O-])c1. The monoisotopic (exact) mass is 253 g/mol. The molecule has 0 heterocycles. The highest BCUT2D eigenvalue weighted by Gasteiger charge is 2.35. The number of carboxylic acids is 1. The largest absolute Gasteiger partial charge is 0.502 e. The molecule has 18 heavy (non-hydrogen) atoms. The number of carboxylic acid groups (broad SMARTS) is 1. The van der Waals surface area contributed by atoms with E-state index in [0.717, 1.165) is 12.1 Å². The normalized spacial score (nSPS) is 13.9. The Kier molecular flexibility index (Phi) is 3.90. The lowest BCUT2D eigenvalue weighted by atomic mass is 9.78. The molecule has 0 saturated carbocycles. The maximum atomic E-state index is 11.3. The summed E-state index contributed by atoms with van der Waals surface area (Å²) >= 11 is 0. The molecule has 1 rings (SSSR count). The number of phenolic OH excluding ortho intramolecular Hbond substituents is 1. The lowest BCUT2D eigenvalue weighted by Gasteiger charge is -2.24. The number of aliphatic carboxylic acids is 1. The first kappa shape index (κ1) is 14.0. The van der Waals surface area contributed by atoms with E-state index in [9.17, 15) is 25.1 Å². The highest BCUT2D eigenvalue weighted by atomic mass is 16.6. The molecular weight excluding hydrogens is 238 g/mol. The van der Waals surface area contributed by atoms with Crippen LogP contribution in [-0.4, -0.2) is 21.1 Å². The van der Waals surface area contributed by atoms with Gasteiger partial charge in [0.25, 0.3) is 0 Å². The number of carbonyl (C=O) groups is 1. The third-order valence-corrected chi connectivity index (χ3v) is 3.03. The second-order valence-electron chi connectivity index (χ2n) is 4.35. The van der Waals surface area contributed by atoms with E-state index < -0.39 is 27.7 Å². The molecule has 0 bridgehead atoms. The molecule has 0 aliphatic carbocycles. The second kappa shape index (κ2) is 5.03.